The highest BCUT2D eigenvalue weighted by molar-refractivity contribution is 6.43. The van der Waals surface area contributed by atoms with E-state index in [1.165, 1.54) is 6.07 Å². The summed E-state index contributed by atoms with van der Waals surface area (Å²) < 4.78 is 43.3. The summed E-state index contributed by atoms with van der Waals surface area (Å²) in [6, 6.07) is 7.55. The minimum Gasteiger partial charge on any atom is -0.464 e. The van der Waals surface area contributed by atoms with Crippen molar-refractivity contribution in [2.45, 2.75) is 12.7 Å². The lowest BCUT2D eigenvalue weighted by Crippen LogP contribution is -2.19. The Morgan fingerprint density at radius 3 is 2.46 bits per heavy atom. The fraction of sp³-hybridized carbons (Fsp3) is 0.176. The number of nitrogens with one attached hydrogen (secondary N) is 2. The van der Waals surface area contributed by atoms with Crippen molar-refractivity contribution in [3.8, 4) is 0 Å². The standard InChI is InChI=1S/C17H13Cl2F3N2O2/c1-26-16(25)15(23)12-6-10(17(20,21)22)3-5-14(12)24-8-9-2-4-11(18)7-13(9)19/h2-7,23-24H,8H2,1H3. The van der Waals surface area contributed by atoms with Crippen LogP contribution in [0.1, 0.15) is 16.7 Å². The zero-order valence-corrected chi connectivity index (χ0v) is 14.9. The molecule has 0 radical (unpaired) electrons. The molecule has 9 heteroatoms. The second-order valence-electron chi connectivity index (χ2n) is 5.21. The predicted octanol–water partition coefficient (Wildman–Crippen LogP) is 5.17. The van der Waals surface area contributed by atoms with E-state index in [2.05, 4.69) is 10.1 Å². The molecule has 2 aromatic rings. The largest absolute Gasteiger partial charge is 0.464 e. The van der Waals surface area contributed by atoms with Gasteiger partial charge in [0.15, 0.2) is 0 Å². The molecule has 0 aliphatic heterocycles. The van der Waals surface area contributed by atoms with Gasteiger partial charge in [-0.05, 0) is 35.9 Å². The molecule has 2 rings (SSSR count). The Kier molecular flexibility index (Phi) is 6.15. The maximum absolute atomic E-state index is 13.0. The molecule has 2 aromatic carbocycles. The normalized spacial score (nSPS) is 11.2. The zero-order valence-electron chi connectivity index (χ0n) is 13.4. The lowest BCUT2D eigenvalue weighted by molar-refractivity contribution is -0.137. The van der Waals surface area contributed by atoms with Gasteiger partial charge in [0.1, 0.15) is 5.71 Å². The van der Waals surface area contributed by atoms with Crippen LogP contribution in [0.3, 0.4) is 0 Å². The Balaban J connectivity index is 2.37. The van der Waals surface area contributed by atoms with Crippen molar-refractivity contribution in [2.75, 3.05) is 12.4 Å². The van der Waals surface area contributed by atoms with Crippen molar-refractivity contribution in [3.63, 3.8) is 0 Å². The Morgan fingerprint density at radius 2 is 1.88 bits per heavy atom. The van der Waals surface area contributed by atoms with E-state index in [0.29, 0.717) is 15.6 Å². The monoisotopic (exact) mass is 404 g/mol. The van der Waals surface area contributed by atoms with E-state index < -0.39 is 23.4 Å². The number of benzene rings is 2. The third-order valence-corrected chi connectivity index (χ3v) is 4.08. The average molecular weight is 405 g/mol. The number of ether oxygens (including phenoxy) is 1. The van der Waals surface area contributed by atoms with Crippen LogP contribution in [0.25, 0.3) is 0 Å². The van der Waals surface area contributed by atoms with Crippen LogP contribution >= 0.6 is 23.2 Å². The van der Waals surface area contributed by atoms with Gasteiger partial charge in [-0.2, -0.15) is 13.2 Å². The number of methoxy groups -OCH3 is 1. The summed E-state index contributed by atoms with van der Waals surface area (Å²) >= 11 is 11.9. The van der Waals surface area contributed by atoms with Crippen LogP contribution in [0, 0.1) is 5.41 Å². The first-order valence-corrected chi connectivity index (χ1v) is 7.95. The van der Waals surface area contributed by atoms with Gasteiger partial charge in [-0.25, -0.2) is 4.79 Å². The summed E-state index contributed by atoms with van der Waals surface area (Å²) in [6.45, 7) is 0.156. The highest BCUT2D eigenvalue weighted by atomic mass is 35.5. The van der Waals surface area contributed by atoms with Gasteiger partial charge in [-0.15, -0.1) is 0 Å². The number of alkyl halides is 3. The van der Waals surface area contributed by atoms with Crippen molar-refractivity contribution in [1.82, 2.24) is 0 Å². The van der Waals surface area contributed by atoms with E-state index in [-0.39, 0.29) is 17.8 Å². The topological polar surface area (TPSA) is 62.2 Å². The number of carbonyl (C=O) groups is 1. The molecule has 138 valence electrons. The number of esters is 1. The minimum atomic E-state index is -4.61. The number of hydrogen-bond acceptors (Lipinski definition) is 4. The van der Waals surface area contributed by atoms with Crippen LogP contribution in [0.2, 0.25) is 10.0 Å². The van der Waals surface area contributed by atoms with Crippen molar-refractivity contribution in [2.24, 2.45) is 0 Å². The molecule has 2 N–H and O–H groups in total. The summed E-state index contributed by atoms with van der Waals surface area (Å²) in [7, 11) is 1.05. The third-order valence-electron chi connectivity index (χ3n) is 3.49. The van der Waals surface area contributed by atoms with E-state index in [0.717, 1.165) is 25.3 Å². The molecular weight excluding hydrogens is 392 g/mol. The maximum Gasteiger partial charge on any atom is 0.416 e. The van der Waals surface area contributed by atoms with Crippen LogP contribution < -0.4 is 5.32 Å². The fourth-order valence-corrected chi connectivity index (χ4v) is 2.62. The molecule has 0 spiro atoms. The first-order valence-electron chi connectivity index (χ1n) is 7.19. The van der Waals surface area contributed by atoms with Crippen molar-refractivity contribution in [1.29, 1.82) is 5.41 Å². The second kappa shape index (κ2) is 7.97. The minimum absolute atomic E-state index is 0.156. The Bertz CT molecular complexity index is 854. The molecule has 0 fully saturated rings. The molecule has 0 atom stereocenters. The molecule has 26 heavy (non-hydrogen) atoms. The molecule has 0 saturated carbocycles. The predicted molar refractivity (Wildman–Crippen MR) is 94.1 cm³/mol. The average Bonchev–Trinajstić information content (AvgIpc) is 2.58. The molecule has 0 aliphatic rings. The smallest absolute Gasteiger partial charge is 0.416 e. The van der Waals surface area contributed by atoms with Gasteiger partial charge >= 0.3 is 12.1 Å². The third kappa shape index (κ3) is 4.68. The van der Waals surface area contributed by atoms with Crippen LogP contribution in [0.15, 0.2) is 36.4 Å². The fourth-order valence-electron chi connectivity index (χ4n) is 2.15. The highest BCUT2D eigenvalue weighted by Gasteiger charge is 2.32. The maximum atomic E-state index is 13.0. The second-order valence-corrected chi connectivity index (χ2v) is 6.06. The number of hydrogen-bond donors (Lipinski definition) is 2. The first kappa shape index (κ1) is 20.1. The molecule has 0 heterocycles. The lowest BCUT2D eigenvalue weighted by Gasteiger charge is -2.15. The van der Waals surface area contributed by atoms with Gasteiger partial charge in [-0.1, -0.05) is 29.3 Å². The molecule has 0 unspecified atom stereocenters. The van der Waals surface area contributed by atoms with Crippen molar-refractivity contribution >= 4 is 40.6 Å². The first-order chi connectivity index (χ1) is 12.1. The summed E-state index contributed by atoms with van der Waals surface area (Å²) in [5, 5.41) is 11.5. The van der Waals surface area contributed by atoms with Crippen molar-refractivity contribution < 1.29 is 22.7 Å². The van der Waals surface area contributed by atoms with Crippen LogP contribution in [-0.4, -0.2) is 18.8 Å². The molecule has 0 aromatic heterocycles. The number of anilines is 1. The van der Waals surface area contributed by atoms with Gasteiger partial charge < -0.3 is 10.1 Å². The van der Waals surface area contributed by atoms with E-state index >= 15 is 0 Å². The van der Waals surface area contributed by atoms with Crippen molar-refractivity contribution in [3.05, 3.63) is 63.1 Å². The molecule has 0 aliphatic carbocycles. The highest BCUT2D eigenvalue weighted by Crippen LogP contribution is 2.32. The summed E-state index contributed by atoms with van der Waals surface area (Å²) in [4.78, 5) is 11.6. The van der Waals surface area contributed by atoms with Gasteiger partial charge in [-0.3, -0.25) is 5.41 Å². The molecule has 4 nitrogen and oxygen atoms in total. The zero-order chi connectivity index (χ0) is 19.5. The Labute approximate surface area is 157 Å². The number of carbonyl (C=O) groups excluding carboxylic acids is 1. The SMILES string of the molecule is COC(=O)C(=N)c1cc(C(F)(F)F)ccc1NCc1ccc(Cl)cc1Cl. The van der Waals surface area contributed by atoms with Crippen LogP contribution in [0.5, 0.6) is 0 Å². The summed E-state index contributed by atoms with van der Waals surface area (Å²) in [5.74, 6) is -1.04. The molecule has 0 saturated heterocycles. The Hall–Kier alpha value is -2.25. The van der Waals surface area contributed by atoms with E-state index in [1.54, 1.807) is 12.1 Å². The van der Waals surface area contributed by atoms with E-state index in [9.17, 15) is 18.0 Å². The summed E-state index contributed by atoms with van der Waals surface area (Å²) in [5.41, 5.74) is -1.08. The quantitative estimate of drug-likeness (QED) is 0.533. The number of rotatable bonds is 5. The van der Waals surface area contributed by atoms with Crippen LogP contribution in [-0.2, 0) is 22.3 Å². The van der Waals surface area contributed by atoms with Gasteiger partial charge in [0.2, 0.25) is 0 Å². The number of halogens is 5. The molecule has 0 amide bonds. The van der Waals surface area contributed by atoms with Gasteiger partial charge in [0.25, 0.3) is 0 Å². The van der Waals surface area contributed by atoms with E-state index in [4.69, 9.17) is 28.6 Å². The lowest BCUT2D eigenvalue weighted by atomic mass is 10.0. The van der Waals surface area contributed by atoms with Gasteiger partial charge in [0, 0.05) is 27.8 Å². The Morgan fingerprint density at radius 1 is 1.19 bits per heavy atom. The molecular formula is C17H13Cl2F3N2O2. The van der Waals surface area contributed by atoms with E-state index in [1.807, 2.05) is 0 Å². The van der Waals surface area contributed by atoms with Crippen LogP contribution in [0.4, 0.5) is 18.9 Å². The molecule has 0 bridgehead atoms. The summed E-state index contributed by atoms with van der Waals surface area (Å²) in [6.07, 6.45) is -4.61. The van der Waals surface area contributed by atoms with Gasteiger partial charge in [0.05, 0.1) is 12.7 Å².